The fourth-order valence-corrected chi connectivity index (χ4v) is 1.65. The average molecular weight is 264 g/mol. The van der Waals surface area contributed by atoms with E-state index in [1.165, 1.54) is 0 Å². The molecule has 5 heteroatoms. The van der Waals surface area contributed by atoms with Crippen molar-refractivity contribution in [3.8, 4) is 11.6 Å². The molecule has 0 aliphatic heterocycles. The number of benzene rings is 1. The van der Waals surface area contributed by atoms with Crippen molar-refractivity contribution in [3.63, 3.8) is 0 Å². The molecular formula is C15H12N4O. The number of anilines is 2. The Labute approximate surface area is 116 Å². The first kappa shape index (κ1) is 12.1. The second-order valence-corrected chi connectivity index (χ2v) is 4.01. The Morgan fingerprint density at radius 1 is 0.850 bits per heavy atom. The Morgan fingerprint density at radius 2 is 1.75 bits per heavy atom. The van der Waals surface area contributed by atoms with Crippen molar-refractivity contribution in [2.75, 3.05) is 5.32 Å². The molecule has 0 bridgehead atoms. The van der Waals surface area contributed by atoms with Crippen molar-refractivity contribution in [1.29, 1.82) is 0 Å². The maximum Gasteiger partial charge on any atom is 0.237 e. The summed E-state index contributed by atoms with van der Waals surface area (Å²) in [5.41, 5.74) is 0.940. The van der Waals surface area contributed by atoms with E-state index in [9.17, 15) is 0 Å². The lowest BCUT2D eigenvalue weighted by molar-refractivity contribution is 0.460. The molecule has 3 rings (SSSR count). The second kappa shape index (κ2) is 5.79. The molecule has 0 unspecified atom stereocenters. The number of rotatable bonds is 4. The third-order valence-electron chi connectivity index (χ3n) is 2.55. The molecule has 1 aromatic carbocycles. The molecule has 2 aromatic heterocycles. The quantitative estimate of drug-likeness (QED) is 0.782. The summed E-state index contributed by atoms with van der Waals surface area (Å²) in [6, 6.07) is 13.3. The number of nitrogens with one attached hydrogen (secondary N) is 1. The molecule has 98 valence electrons. The number of aromatic nitrogens is 3. The monoisotopic (exact) mass is 264 g/mol. The number of nitrogens with zero attached hydrogens (tertiary/aromatic N) is 3. The normalized spacial score (nSPS) is 10.0. The number of hydrogen-bond donors (Lipinski definition) is 1. The minimum Gasteiger partial charge on any atom is -0.438 e. The van der Waals surface area contributed by atoms with Gasteiger partial charge in [0.05, 0.1) is 6.20 Å². The van der Waals surface area contributed by atoms with Crippen LogP contribution in [0, 0.1) is 0 Å². The van der Waals surface area contributed by atoms with Crippen LogP contribution in [0.2, 0.25) is 0 Å². The van der Waals surface area contributed by atoms with E-state index in [4.69, 9.17) is 4.74 Å². The van der Waals surface area contributed by atoms with Crippen LogP contribution in [-0.2, 0) is 0 Å². The average Bonchev–Trinajstić information content (AvgIpc) is 2.51. The summed E-state index contributed by atoms with van der Waals surface area (Å²) in [4.78, 5) is 12.2. The van der Waals surface area contributed by atoms with Crippen LogP contribution in [0.5, 0.6) is 11.6 Å². The number of hydrogen-bond acceptors (Lipinski definition) is 5. The van der Waals surface area contributed by atoms with Gasteiger partial charge in [-0.2, -0.15) is 0 Å². The van der Waals surface area contributed by atoms with Gasteiger partial charge in [-0.3, -0.25) is 4.98 Å². The van der Waals surface area contributed by atoms with Crippen molar-refractivity contribution in [2.24, 2.45) is 0 Å². The van der Waals surface area contributed by atoms with Gasteiger partial charge in [-0.1, -0.05) is 6.07 Å². The lowest BCUT2D eigenvalue weighted by Gasteiger charge is -2.07. The molecule has 1 N–H and O–H groups in total. The topological polar surface area (TPSA) is 59.9 Å². The van der Waals surface area contributed by atoms with Crippen LogP contribution in [-0.4, -0.2) is 15.0 Å². The molecule has 3 aromatic rings. The van der Waals surface area contributed by atoms with Crippen LogP contribution < -0.4 is 10.1 Å². The Bertz CT molecular complexity index is 596. The van der Waals surface area contributed by atoms with E-state index in [-0.39, 0.29) is 0 Å². The molecule has 0 amide bonds. The summed E-state index contributed by atoms with van der Waals surface area (Å²) in [5.74, 6) is 1.98. The van der Waals surface area contributed by atoms with Crippen molar-refractivity contribution < 1.29 is 4.74 Å². The highest BCUT2D eigenvalue weighted by Crippen LogP contribution is 2.22. The molecule has 0 spiro atoms. The first-order valence-corrected chi connectivity index (χ1v) is 6.12. The highest BCUT2D eigenvalue weighted by molar-refractivity contribution is 5.56. The largest absolute Gasteiger partial charge is 0.438 e. The molecule has 0 saturated heterocycles. The second-order valence-electron chi connectivity index (χ2n) is 4.01. The standard InChI is InChI=1S/C15H12N4O/c1-2-8-17-14(3-1)19-12-4-6-13(7-5-12)20-15-11-16-9-10-18-15/h1-11H,(H,17,19). The summed E-state index contributed by atoms with van der Waals surface area (Å²) >= 11 is 0. The lowest BCUT2D eigenvalue weighted by atomic mass is 10.3. The summed E-state index contributed by atoms with van der Waals surface area (Å²) in [6.07, 6.45) is 6.51. The van der Waals surface area contributed by atoms with Gasteiger partial charge in [-0.15, -0.1) is 0 Å². The third-order valence-corrected chi connectivity index (χ3v) is 2.55. The summed E-state index contributed by atoms with van der Waals surface area (Å²) in [6.45, 7) is 0. The molecule has 20 heavy (non-hydrogen) atoms. The summed E-state index contributed by atoms with van der Waals surface area (Å²) in [5, 5.41) is 3.20. The Hall–Kier alpha value is -2.95. The maximum absolute atomic E-state index is 5.57. The molecule has 0 radical (unpaired) electrons. The Balaban J connectivity index is 1.69. The molecule has 0 aliphatic rings. The van der Waals surface area contributed by atoms with E-state index in [1.807, 2.05) is 42.5 Å². The predicted molar refractivity (Wildman–Crippen MR) is 76.1 cm³/mol. The van der Waals surface area contributed by atoms with Crippen molar-refractivity contribution >= 4 is 11.5 Å². The summed E-state index contributed by atoms with van der Waals surface area (Å²) < 4.78 is 5.57. The van der Waals surface area contributed by atoms with Crippen LogP contribution in [0.1, 0.15) is 0 Å². The van der Waals surface area contributed by atoms with Crippen molar-refractivity contribution in [1.82, 2.24) is 15.0 Å². The smallest absolute Gasteiger partial charge is 0.237 e. The minimum atomic E-state index is 0.470. The molecule has 0 aliphatic carbocycles. The van der Waals surface area contributed by atoms with Crippen LogP contribution in [0.15, 0.2) is 67.3 Å². The molecule has 5 nitrogen and oxygen atoms in total. The Morgan fingerprint density at radius 3 is 2.45 bits per heavy atom. The number of pyridine rings is 1. The zero-order valence-electron chi connectivity index (χ0n) is 10.6. The van der Waals surface area contributed by atoms with Crippen LogP contribution in [0.25, 0.3) is 0 Å². The van der Waals surface area contributed by atoms with E-state index in [2.05, 4.69) is 20.3 Å². The zero-order valence-corrected chi connectivity index (χ0v) is 10.6. The lowest BCUT2D eigenvalue weighted by Crippen LogP contribution is -1.93. The van der Waals surface area contributed by atoms with Crippen molar-refractivity contribution in [3.05, 3.63) is 67.3 Å². The van der Waals surface area contributed by atoms with Gasteiger partial charge in [-0.25, -0.2) is 9.97 Å². The summed E-state index contributed by atoms with van der Waals surface area (Å²) in [7, 11) is 0. The minimum absolute atomic E-state index is 0.470. The van der Waals surface area contributed by atoms with Gasteiger partial charge in [0.2, 0.25) is 5.88 Å². The number of ether oxygens (including phenoxy) is 1. The SMILES string of the molecule is c1ccc(Nc2ccc(Oc3cnccn3)cc2)nc1. The van der Waals surface area contributed by atoms with E-state index in [0.717, 1.165) is 11.5 Å². The molecule has 0 atom stereocenters. The van der Waals surface area contributed by atoms with E-state index < -0.39 is 0 Å². The fraction of sp³-hybridized carbons (Fsp3) is 0. The van der Waals surface area contributed by atoms with Gasteiger partial charge in [0.1, 0.15) is 11.6 Å². The van der Waals surface area contributed by atoms with Crippen LogP contribution >= 0.6 is 0 Å². The van der Waals surface area contributed by atoms with E-state index >= 15 is 0 Å². The molecule has 0 saturated carbocycles. The Kier molecular flexibility index (Phi) is 3.51. The molecule has 2 heterocycles. The van der Waals surface area contributed by atoms with Gasteiger partial charge < -0.3 is 10.1 Å². The van der Waals surface area contributed by atoms with Gasteiger partial charge in [-0.05, 0) is 36.4 Å². The first-order valence-electron chi connectivity index (χ1n) is 6.12. The van der Waals surface area contributed by atoms with Crippen LogP contribution in [0.3, 0.4) is 0 Å². The fourth-order valence-electron chi connectivity index (χ4n) is 1.65. The van der Waals surface area contributed by atoms with E-state index in [1.54, 1.807) is 24.8 Å². The molecule has 0 fully saturated rings. The highest BCUT2D eigenvalue weighted by Gasteiger charge is 1.99. The predicted octanol–water partition coefficient (Wildman–Crippen LogP) is 3.41. The van der Waals surface area contributed by atoms with Gasteiger partial charge in [0.15, 0.2) is 0 Å². The maximum atomic E-state index is 5.57. The van der Waals surface area contributed by atoms with E-state index in [0.29, 0.717) is 11.6 Å². The van der Waals surface area contributed by atoms with Gasteiger partial charge in [0.25, 0.3) is 0 Å². The van der Waals surface area contributed by atoms with Crippen molar-refractivity contribution in [2.45, 2.75) is 0 Å². The van der Waals surface area contributed by atoms with Gasteiger partial charge in [0, 0.05) is 24.3 Å². The first-order chi connectivity index (χ1) is 9.90. The van der Waals surface area contributed by atoms with Crippen LogP contribution in [0.4, 0.5) is 11.5 Å². The highest BCUT2D eigenvalue weighted by atomic mass is 16.5. The van der Waals surface area contributed by atoms with Gasteiger partial charge >= 0.3 is 0 Å². The zero-order chi connectivity index (χ0) is 13.6. The molecular weight excluding hydrogens is 252 g/mol. The third kappa shape index (κ3) is 3.08.